The molecule has 0 bridgehead atoms. The third-order valence-electron chi connectivity index (χ3n) is 3.33. The number of carbonyl (C=O) groups is 1. The molecule has 1 aliphatic carbocycles. The van der Waals surface area contributed by atoms with Gasteiger partial charge in [0.05, 0.1) is 0 Å². The van der Waals surface area contributed by atoms with E-state index in [2.05, 4.69) is 5.32 Å². The normalized spacial score (nSPS) is 22.7. The number of benzene rings is 1. The van der Waals surface area contributed by atoms with Gasteiger partial charge in [-0.2, -0.15) is 0 Å². The number of carbonyl (C=O) groups excluding carboxylic acids is 1. The van der Waals surface area contributed by atoms with Gasteiger partial charge in [0, 0.05) is 12.6 Å². The van der Waals surface area contributed by atoms with Crippen LogP contribution in [0.5, 0.6) is 0 Å². The molecule has 2 unspecified atom stereocenters. The van der Waals surface area contributed by atoms with Crippen LogP contribution in [0.1, 0.15) is 24.8 Å². The summed E-state index contributed by atoms with van der Waals surface area (Å²) in [5.41, 5.74) is 6.82. The standard InChI is InChI=1S/C14H20N2O2/c15-13-7-6-12(8-13)9-16-14(17)18-10-11-4-2-1-3-5-11/h1-5,12-13H,6-10,15H2,(H,16,17). The second-order valence-corrected chi connectivity index (χ2v) is 4.88. The number of nitrogens with two attached hydrogens (primary N) is 1. The van der Waals surface area contributed by atoms with Gasteiger partial charge in [0.2, 0.25) is 0 Å². The van der Waals surface area contributed by atoms with Crippen molar-refractivity contribution in [3.05, 3.63) is 35.9 Å². The smallest absolute Gasteiger partial charge is 0.407 e. The zero-order valence-electron chi connectivity index (χ0n) is 10.5. The van der Waals surface area contributed by atoms with Crippen LogP contribution in [0.2, 0.25) is 0 Å². The highest BCUT2D eigenvalue weighted by Crippen LogP contribution is 2.23. The van der Waals surface area contributed by atoms with Crippen LogP contribution in [0.15, 0.2) is 30.3 Å². The van der Waals surface area contributed by atoms with E-state index in [-0.39, 0.29) is 6.09 Å². The van der Waals surface area contributed by atoms with E-state index in [4.69, 9.17) is 10.5 Å². The van der Waals surface area contributed by atoms with Crippen LogP contribution < -0.4 is 11.1 Å². The Morgan fingerprint density at radius 1 is 1.33 bits per heavy atom. The summed E-state index contributed by atoms with van der Waals surface area (Å²) >= 11 is 0. The van der Waals surface area contributed by atoms with Crippen molar-refractivity contribution in [3.63, 3.8) is 0 Å². The largest absolute Gasteiger partial charge is 0.445 e. The summed E-state index contributed by atoms with van der Waals surface area (Å²) in [7, 11) is 0. The van der Waals surface area contributed by atoms with Gasteiger partial charge >= 0.3 is 6.09 Å². The van der Waals surface area contributed by atoms with Crippen molar-refractivity contribution in [2.75, 3.05) is 6.54 Å². The third kappa shape index (κ3) is 4.04. The molecule has 1 fully saturated rings. The fourth-order valence-corrected chi connectivity index (χ4v) is 2.30. The Labute approximate surface area is 108 Å². The Kier molecular flexibility index (Phi) is 4.59. The lowest BCUT2D eigenvalue weighted by atomic mass is 10.1. The van der Waals surface area contributed by atoms with Crippen LogP contribution in [-0.2, 0) is 11.3 Å². The molecule has 1 aromatic rings. The lowest BCUT2D eigenvalue weighted by Gasteiger charge is -2.11. The minimum atomic E-state index is -0.348. The number of nitrogens with one attached hydrogen (secondary N) is 1. The molecular weight excluding hydrogens is 228 g/mol. The number of rotatable bonds is 4. The molecule has 4 nitrogen and oxygen atoms in total. The van der Waals surface area contributed by atoms with Gasteiger partial charge in [0.15, 0.2) is 0 Å². The van der Waals surface area contributed by atoms with E-state index in [0.29, 0.717) is 25.1 Å². The van der Waals surface area contributed by atoms with Crippen LogP contribution in [0, 0.1) is 5.92 Å². The number of hydrogen-bond acceptors (Lipinski definition) is 3. The molecule has 0 radical (unpaired) electrons. The molecule has 2 rings (SSSR count). The first-order valence-electron chi connectivity index (χ1n) is 6.44. The van der Waals surface area contributed by atoms with E-state index in [1.165, 1.54) is 0 Å². The van der Waals surface area contributed by atoms with Crippen molar-refractivity contribution in [1.82, 2.24) is 5.32 Å². The lowest BCUT2D eigenvalue weighted by Crippen LogP contribution is -2.29. The molecule has 1 amide bonds. The van der Waals surface area contributed by atoms with E-state index >= 15 is 0 Å². The minimum Gasteiger partial charge on any atom is -0.445 e. The maximum absolute atomic E-state index is 11.5. The summed E-state index contributed by atoms with van der Waals surface area (Å²) in [5.74, 6) is 0.504. The fourth-order valence-electron chi connectivity index (χ4n) is 2.30. The highest BCUT2D eigenvalue weighted by molar-refractivity contribution is 5.67. The number of ether oxygens (including phenoxy) is 1. The van der Waals surface area contributed by atoms with Gasteiger partial charge in [-0.15, -0.1) is 0 Å². The molecule has 18 heavy (non-hydrogen) atoms. The van der Waals surface area contributed by atoms with Crippen LogP contribution in [0.3, 0.4) is 0 Å². The van der Waals surface area contributed by atoms with Crippen molar-refractivity contribution < 1.29 is 9.53 Å². The molecule has 1 saturated carbocycles. The summed E-state index contributed by atoms with van der Waals surface area (Å²) in [6, 6.07) is 9.96. The van der Waals surface area contributed by atoms with Gasteiger partial charge in [0.1, 0.15) is 6.61 Å². The topological polar surface area (TPSA) is 64.3 Å². The SMILES string of the molecule is NC1CCC(CNC(=O)OCc2ccccc2)C1. The molecule has 0 spiro atoms. The number of hydrogen-bond donors (Lipinski definition) is 2. The zero-order valence-corrected chi connectivity index (χ0v) is 10.5. The predicted molar refractivity (Wildman–Crippen MR) is 69.9 cm³/mol. The monoisotopic (exact) mass is 248 g/mol. The quantitative estimate of drug-likeness (QED) is 0.857. The molecule has 2 atom stereocenters. The molecule has 1 aromatic carbocycles. The first kappa shape index (κ1) is 12.9. The van der Waals surface area contributed by atoms with E-state index in [0.717, 1.165) is 24.8 Å². The second-order valence-electron chi connectivity index (χ2n) is 4.88. The number of alkyl carbamates (subject to hydrolysis) is 1. The second kappa shape index (κ2) is 6.40. The molecule has 0 aliphatic heterocycles. The summed E-state index contributed by atoms with van der Waals surface area (Å²) in [4.78, 5) is 11.5. The summed E-state index contributed by atoms with van der Waals surface area (Å²) < 4.78 is 5.13. The average Bonchev–Trinajstić information content (AvgIpc) is 2.81. The van der Waals surface area contributed by atoms with Gasteiger partial charge in [0.25, 0.3) is 0 Å². The first-order chi connectivity index (χ1) is 8.74. The van der Waals surface area contributed by atoms with E-state index in [1.807, 2.05) is 30.3 Å². The van der Waals surface area contributed by atoms with Crippen molar-refractivity contribution in [2.45, 2.75) is 31.9 Å². The van der Waals surface area contributed by atoms with E-state index in [9.17, 15) is 4.79 Å². The molecule has 98 valence electrons. The third-order valence-corrected chi connectivity index (χ3v) is 3.33. The molecular formula is C14H20N2O2. The molecule has 3 N–H and O–H groups in total. The summed E-state index contributed by atoms with van der Waals surface area (Å²) in [6.45, 7) is 0.984. The molecule has 1 aliphatic rings. The number of amides is 1. The Morgan fingerprint density at radius 2 is 2.11 bits per heavy atom. The van der Waals surface area contributed by atoms with Crippen molar-refractivity contribution in [2.24, 2.45) is 11.7 Å². The van der Waals surface area contributed by atoms with Crippen molar-refractivity contribution in [1.29, 1.82) is 0 Å². The Balaban J connectivity index is 1.63. The van der Waals surface area contributed by atoms with Crippen LogP contribution >= 0.6 is 0 Å². The van der Waals surface area contributed by atoms with Gasteiger partial charge in [-0.25, -0.2) is 4.79 Å². The van der Waals surface area contributed by atoms with Crippen LogP contribution in [0.4, 0.5) is 4.79 Å². The molecule has 4 heteroatoms. The summed E-state index contributed by atoms with van der Waals surface area (Å²) in [6.07, 6.45) is 2.81. The zero-order chi connectivity index (χ0) is 12.8. The fraction of sp³-hybridized carbons (Fsp3) is 0.500. The Bertz CT molecular complexity index is 381. The van der Waals surface area contributed by atoms with Gasteiger partial charge < -0.3 is 15.8 Å². The maximum Gasteiger partial charge on any atom is 0.407 e. The minimum absolute atomic E-state index is 0.303. The highest BCUT2D eigenvalue weighted by Gasteiger charge is 2.22. The molecule has 0 heterocycles. The molecule has 0 aromatic heterocycles. The van der Waals surface area contributed by atoms with Gasteiger partial charge in [-0.1, -0.05) is 30.3 Å². The summed E-state index contributed by atoms with van der Waals surface area (Å²) in [5, 5.41) is 2.80. The maximum atomic E-state index is 11.5. The van der Waals surface area contributed by atoms with Crippen LogP contribution in [0.25, 0.3) is 0 Å². The Morgan fingerprint density at radius 3 is 2.78 bits per heavy atom. The van der Waals surface area contributed by atoms with Crippen molar-refractivity contribution >= 4 is 6.09 Å². The van der Waals surface area contributed by atoms with E-state index < -0.39 is 0 Å². The van der Waals surface area contributed by atoms with E-state index in [1.54, 1.807) is 0 Å². The predicted octanol–water partition coefficient (Wildman–Crippen LogP) is 2.04. The Hall–Kier alpha value is -1.55. The first-order valence-corrected chi connectivity index (χ1v) is 6.44. The van der Waals surface area contributed by atoms with Crippen molar-refractivity contribution in [3.8, 4) is 0 Å². The highest BCUT2D eigenvalue weighted by atomic mass is 16.5. The molecule has 0 saturated heterocycles. The van der Waals surface area contributed by atoms with Gasteiger partial charge in [-0.05, 0) is 30.7 Å². The lowest BCUT2D eigenvalue weighted by molar-refractivity contribution is 0.138. The van der Waals surface area contributed by atoms with Gasteiger partial charge in [-0.3, -0.25) is 0 Å². The van der Waals surface area contributed by atoms with Crippen LogP contribution in [-0.4, -0.2) is 18.7 Å². The average molecular weight is 248 g/mol.